The predicted octanol–water partition coefficient (Wildman–Crippen LogP) is 3.46. The van der Waals surface area contributed by atoms with Crippen molar-refractivity contribution in [2.75, 3.05) is 32.8 Å². The van der Waals surface area contributed by atoms with Crippen LogP contribution in [0.25, 0.3) is 5.76 Å². The summed E-state index contributed by atoms with van der Waals surface area (Å²) in [6, 6.07) is 9.10. The van der Waals surface area contributed by atoms with Crippen LogP contribution in [0.15, 0.2) is 48.0 Å². The van der Waals surface area contributed by atoms with Gasteiger partial charge in [-0.2, -0.15) is 0 Å². The number of nitro benzene ring substituents is 1. The second-order valence-corrected chi connectivity index (χ2v) is 7.99. The first-order valence-electron chi connectivity index (χ1n) is 11.4. The van der Waals surface area contributed by atoms with Crippen LogP contribution in [0.4, 0.5) is 5.69 Å². The summed E-state index contributed by atoms with van der Waals surface area (Å²) < 4.78 is 5.48. The average Bonchev–Trinajstić information content (AvgIpc) is 3.09. The molecular weight excluding hydrogens is 454 g/mol. The maximum absolute atomic E-state index is 13.2. The fourth-order valence-corrected chi connectivity index (χ4v) is 4.16. The number of aliphatic hydroxyl groups is 1. The van der Waals surface area contributed by atoms with E-state index >= 15 is 0 Å². The van der Waals surface area contributed by atoms with Gasteiger partial charge in [-0.05, 0) is 43.8 Å². The minimum Gasteiger partial charge on any atom is -0.507 e. The molecule has 0 aliphatic carbocycles. The van der Waals surface area contributed by atoms with Crippen LogP contribution in [-0.2, 0) is 9.59 Å². The molecule has 1 unspecified atom stereocenters. The Morgan fingerprint density at radius 1 is 1.14 bits per heavy atom. The number of hydrogen-bond donors (Lipinski definition) is 2. The van der Waals surface area contributed by atoms with Gasteiger partial charge in [0.05, 0.1) is 23.1 Å². The van der Waals surface area contributed by atoms with Crippen molar-refractivity contribution in [1.82, 2.24) is 9.80 Å². The monoisotopic (exact) mass is 483 g/mol. The van der Waals surface area contributed by atoms with Crippen molar-refractivity contribution < 1.29 is 29.5 Å². The normalized spacial score (nSPS) is 17.3. The number of likely N-dealkylation sites (tertiary alicyclic amines) is 1. The quantitative estimate of drug-likeness (QED) is 0.173. The molecule has 2 N–H and O–H groups in total. The van der Waals surface area contributed by atoms with Gasteiger partial charge >= 0.3 is 5.69 Å². The van der Waals surface area contributed by atoms with E-state index in [-0.39, 0.29) is 23.2 Å². The average molecular weight is 484 g/mol. The molecule has 35 heavy (non-hydrogen) atoms. The molecule has 2 aromatic rings. The molecule has 10 nitrogen and oxygen atoms in total. The first-order valence-corrected chi connectivity index (χ1v) is 11.4. The smallest absolute Gasteiger partial charge is 0.311 e. The maximum atomic E-state index is 13.2. The van der Waals surface area contributed by atoms with Gasteiger partial charge in [-0.1, -0.05) is 32.0 Å². The lowest BCUT2D eigenvalue weighted by Gasteiger charge is -2.28. The van der Waals surface area contributed by atoms with E-state index in [1.807, 2.05) is 20.8 Å². The van der Waals surface area contributed by atoms with Gasteiger partial charge in [-0.25, -0.2) is 0 Å². The van der Waals surface area contributed by atoms with Crippen molar-refractivity contribution in [2.24, 2.45) is 0 Å². The third-order valence-electron chi connectivity index (χ3n) is 6.02. The zero-order valence-electron chi connectivity index (χ0n) is 19.9. The number of aliphatic hydroxyl groups excluding tert-OH is 1. The number of ketones is 1. The Kier molecular flexibility index (Phi) is 8.08. The number of carbonyl (C=O) groups is 2. The van der Waals surface area contributed by atoms with Crippen molar-refractivity contribution in [3.05, 3.63) is 69.3 Å². The fourth-order valence-electron chi connectivity index (χ4n) is 4.16. The Morgan fingerprint density at radius 3 is 2.49 bits per heavy atom. The second-order valence-electron chi connectivity index (χ2n) is 7.99. The largest absolute Gasteiger partial charge is 0.507 e. The van der Waals surface area contributed by atoms with E-state index in [4.69, 9.17) is 4.74 Å². The number of amides is 1. The van der Waals surface area contributed by atoms with Gasteiger partial charge in [0, 0.05) is 24.7 Å². The lowest BCUT2D eigenvalue weighted by atomic mass is 9.94. The molecule has 0 aromatic heterocycles. The Labute approximate surface area is 203 Å². The summed E-state index contributed by atoms with van der Waals surface area (Å²) in [5, 5.41) is 32.5. The van der Waals surface area contributed by atoms with Crippen molar-refractivity contribution in [1.29, 1.82) is 0 Å². The third-order valence-corrected chi connectivity index (χ3v) is 6.02. The summed E-state index contributed by atoms with van der Waals surface area (Å²) in [5.74, 6) is -2.16. The van der Waals surface area contributed by atoms with Crippen LogP contribution in [0, 0.1) is 10.1 Å². The highest BCUT2D eigenvalue weighted by Crippen LogP contribution is 2.41. The topological polar surface area (TPSA) is 133 Å². The molecule has 1 aliphatic rings. The molecule has 10 heteroatoms. The molecule has 1 fully saturated rings. The Bertz CT molecular complexity index is 1160. The molecule has 1 atom stereocenters. The molecular formula is C25H29N3O7. The summed E-state index contributed by atoms with van der Waals surface area (Å²) in [6.07, 6.45) is 0. The van der Waals surface area contributed by atoms with Crippen LogP contribution in [-0.4, -0.2) is 69.4 Å². The summed E-state index contributed by atoms with van der Waals surface area (Å²) in [5.41, 5.74) is -0.231. The number of hydrogen-bond acceptors (Lipinski definition) is 8. The van der Waals surface area contributed by atoms with Crippen molar-refractivity contribution in [2.45, 2.75) is 26.8 Å². The fraction of sp³-hybridized carbons (Fsp3) is 0.360. The number of phenolic OH excluding ortho intramolecular Hbond substituents is 1. The zero-order valence-corrected chi connectivity index (χ0v) is 19.9. The van der Waals surface area contributed by atoms with Crippen LogP contribution < -0.4 is 4.74 Å². The number of carbonyl (C=O) groups excluding carboxylic acids is 2. The third kappa shape index (κ3) is 5.27. The van der Waals surface area contributed by atoms with Gasteiger partial charge in [0.15, 0.2) is 5.75 Å². The number of aromatic hydroxyl groups is 1. The highest BCUT2D eigenvalue weighted by molar-refractivity contribution is 6.46. The number of nitro groups is 1. The Hall–Kier alpha value is -3.92. The van der Waals surface area contributed by atoms with Crippen molar-refractivity contribution in [3.63, 3.8) is 0 Å². The SMILES string of the molecule is CCOc1cccc(/C(O)=C2/C(=O)C(=O)N(CCN(CC)CC)C2c2ccc(O)c([N+](=O)[O-])c2)c1. The molecule has 0 spiro atoms. The lowest BCUT2D eigenvalue weighted by Crippen LogP contribution is -2.38. The minimum absolute atomic E-state index is 0.168. The van der Waals surface area contributed by atoms with Gasteiger partial charge in [0.25, 0.3) is 11.7 Å². The first-order chi connectivity index (χ1) is 16.7. The molecule has 0 saturated carbocycles. The van der Waals surface area contributed by atoms with E-state index in [9.17, 15) is 29.9 Å². The number of phenols is 1. The van der Waals surface area contributed by atoms with Gasteiger partial charge in [0.1, 0.15) is 11.5 Å². The first kappa shape index (κ1) is 25.7. The van der Waals surface area contributed by atoms with Gasteiger partial charge in [0.2, 0.25) is 0 Å². The maximum Gasteiger partial charge on any atom is 0.311 e. The Morgan fingerprint density at radius 2 is 1.86 bits per heavy atom. The highest BCUT2D eigenvalue weighted by atomic mass is 16.6. The van der Waals surface area contributed by atoms with E-state index in [1.54, 1.807) is 24.3 Å². The summed E-state index contributed by atoms with van der Waals surface area (Å²) in [6.45, 7) is 8.27. The van der Waals surface area contributed by atoms with Crippen LogP contribution in [0.5, 0.6) is 11.5 Å². The van der Waals surface area contributed by atoms with Crippen LogP contribution in [0.2, 0.25) is 0 Å². The standard InChI is InChI=1S/C25H29N3O7/c1-4-26(5-2)12-13-27-22(16-10-11-20(29)19(15-16)28(33)34)21(24(31)25(27)32)23(30)17-8-7-9-18(14-17)35-6-3/h7-11,14-15,22,29-30H,4-6,12-13H2,1-3H3/b23-21-. The molecule has 186 valence electrons. The van der Waals surface area contributed by atoms with Crippen LogP contribution in [0.1, 0.15) is 37.9 Å². The lowest BCUT2D eigenvalue weighted by molar-refractivity contribution is -0.385. The number of benzene rings is 2. The number of Topliss-reactive ketones (excluding diaryl/α,β-unsaturated/α-hetero) is 1. The van der Waals surface area contributed by atoms with Crippen LogP contribution in [0.3, 0.4) is 0 Å². The number of likely N-dealkylation sites (N-methyl/N-ethyl adjacent to an activating group) is 1. The van der Waals surface area contributed by atoms with Gasteiger partial charge < -0.3 is 24.7 Å². The Balaban J connectivity index is 2.17. The highest BCUT2D eigenvalue weighted by Gasteiger charge is 2.46. The summed E-state index contributed by atoms with van der Waals surface area (Å²) in [4.78, 5) is 40.3. The van der Waals surface area contributed by atoms with Crippen molar-refractivity contribution in [3.8, 4) is 11.5 Å². The van der Waals surface area contributed by atoms with Gasteiger partial charge in [-0.15, -0.1) is 0 Å². The van der Waals surface area contributed by atoms with Crippen molar-refractivity contribution >= 4 is 23.1 Å². The molecule has 3 rings (SSSR count). The zero-order chi connectivity index (χ0) is 25.7. The molecule has 1 saturated heterocycles. The molecule has 0 bridgehead atoms. The van der Waals surface area contributed by atoms with E-state index in [0.29, 0.717) is 18.9 Å². The van der Waals surface area contributed by atoms with Gasteiger partial charge in [-0.3, -0.25) is 19.7 Å². The minimum atomic E-state index is -1.07. The van der Waals surface area contributed by atoms with E-state index in [2.05, 4.69) is 4.90 Å². The number of rotatable bonds is 10. The molecule has 2 aromatic carbocycles. The van der Waals surface area contributed by atoms with E-state index < -0.39 is 39.9 Å². The summed E-state index contributed by atoms with van der Waals surface area (Å²) >= 11 is 0. The second kappa shape index (κ2) is 11.0. The van der Waals surface area contributed by atoms with E-state index in [0.717, 1.165) is 25.2 Å². The molecule has 0 radical (unpaired) electrons. The number of ether oxygens (including phenoxy) is 1. The predicted molar refractivity (Wildman–Crippen MR) is 129 cm³/mol. The molecule has 1 amide bonds. The summed E-state index contributed by atoms with van der Waals surface area (Å²) in [7, 11) is 0. The van der Waals surface area contributed by atoms with E-state index in [1.165, 1.54) is 11.0 Å². The number of nitrogens with zero attached hydrogens (tertiary/aromatic N) is 3. The molecule has 1 heterocycles. The molecule has 1 aliphatic heterocycles. The van der Waals surface area contributed by atoms with Crippen LogP contribution >= 0.6 is 0 Å².